The van der Waals surface area contributed by atoms with E-state index in [1.165, 1.54) is 12.1 Å². The SMILES string of the molecule is COc1ccccc1OC1CNNC1c1ccc(OCc2ccc([N+](=O)[O-])cc2)cc1O. The lowest BCUT2D eigenvalue weighted by Gasteiger charge is -2.22. The lowest BCUT2D eigenvalue weighted by Crippen LogP contribution is -2.28. The van der Waals surface area contributed by atoms with Crippen molar-refractivity contribution >= 4 is 5.69 Å². The van der Waals surface area contributed by atoms with Gasteiger partial charge in [0, 0.05) is 30.3 Å². The number of aromatic hydroxyl groups is 1. The number of benzene rings is 3. The minimum Gasteiger partial charge on any atom is -0.507 e. The van der Waals surface area contributed by atoms with E-state index in [0.29, 0.717) is 29.4 Å². The molecule has 4 rings (SSSR count). The molecule has 0 aliphatic carbocycles. The van der Waals surface area contributed by atoms with Crippen molar-refractivity contribution in [2.24, 2.45) is 0 Å². The highest BCUT2D eigenvalue weighted by Crippen LogP contribution is 2.35. The highest BCUT2D eigenvalue weighted by atomic mass is 16.6. The number of methoxy groups -OCH3 is 1. The molecule has 3 N–H and O–H groups in total. The number of phenols is 1. The molecule has 0 radical (unpaired) electrons. The van der Waals surface area contributed by atoms with Gasteiger partial charge in [0.15, 0.2) is 11.5 Å². The Morgan fingerprint density at radius 2 is 1.84 bits per heavy atom. The Kier molecular flexibility index (Phi) is 6.39. The largest absolute Gasteiger partial charge is 0.507 e. The van der Waals surface area contributed by atoms with Crippen molar-refractivity contribution in [3.8, 4) is 23.0 Å². The molecule has 1 aliphatic heterocycles. The first-order valence-corrected chi connectivity index (χ1v) is 10.0. The zero-order chi connectivity index (χ0) is 22.5. The second-order valence-electron chi connectivity index (χ2n) is 7.24. The average molecular weight is 437 g/mol. The highest BCUT2D eigenvalue weighted by molar-refractivity contribution is 5.44. The first kappa shape index (κ1) is 21.4. The topological polar surface area (TPSA) is 115 Å². The third-order valence-corrected chi connectivity index (χ3v) is 5.17. The van der Waals surface area contributed by atoms with E-state index in [2.05, 4.69) is 10.9 Å². The number of non-ortho nitro benzene ring substituents is 1. The molecule has 0 bridgehead atoms. The molecule has 2 unspecified atom stereocenters. The summed E-state index contributed by atoms with van der Waals surface area (Å²) in [5.74, 6) is 1.81. The van der Waals surface area contributed by atoms with Gasteiger partial charge in [0.25, 0.3) is 5.69 Å². The summed E-state index contributed by atoms with van der Waals surface area (Å²) in [6.45, 7) is 0.764. The number of hydrogen-bond acceptors (Lipinski definition) is 8. The molecule has 1 saturated heterocycles. The van der Waals surface area contributed by atoms with Crippen LogP contribution in [0.15, 0.2) is 66.7 Å². The number of ether oxygens (including phenoxy) is 3. The Balaban J connectivity index is 1.43. The quantitative estimate of drug-likeness (QED) is 0.362. The molecule has 32 heavy (non-hydrogen) atoms. The van der Waals surface area contributed by atoms with Crippen LogP contribution in [-0.2, 0) is 6.61 Å². The zero-order valence-corrected chi connectivity index (χ0v) is 17.4. The van der Waals surface area contributed by atoms with Gasteiger partial charge in [0.2, 0.25) is 0 Å². The maximum Gasteiger partial charge on any atom is 0.269 e. The van der Waals surface area contributed by atoms with E-state index in [1.807, 2.05) is 24.3 Å². The summed E-state index contributed by atoms with van der Waals surface area (Å²) in [5, 5.41) is 21.4. The molecule has 9 nitrogen and oxygen atoms in total. The fourth-order valence-electron chi connectivity index (χ4n) is 3.50. The molecule has 0 spiro atoms. The lowest BCUT2D eigenvalue weighted by atomic mass is 10.0. The normalized spacial score (nSPS) is 17.7. The molecular formula is C23H23N3O6. The number of para-hydroxylation sites is 2. The lowest BCUT2D eigenvalue weighted by molar-refractivity contribution is -0.384. The zero-order valence-electron chi connectivity index (χ0n) is 17.4. The van der Waals surface area contributed by atoms with Gasteiger partial charge in [-0.1, -0.05) is 12.1 Å². The fourth-order valence-corrected chi connectivity index (χ4v) is 3.50. The number of nitro benzene ring substituents is 1. The second-order valence-corrected chi connectivity index (χ2v) is 7.24. The van der Waals surface area contributed by atoms with E-state index in [0.717, 1.165) is 5.56 Å². The van der Waals surface area contributed by atoms with Crippen molar-refractivity contribution < 1.29 is 24.2 Å². The summed E-state index contributed by atoms with van der Waals surface area (Å²) >= 11 is 0. The van der Waals surface area contributed by atoms with Crippen LogP contribution in [0.5, 0.6) is 23.0 Å². The number of hydrogen-bond donors (Lipinski definition) is 3. The molecule has 166 valence electrons. The van der Waals surface area contributed by atoms with Crippen molar-refractivity contribution in [3.63, 3.8) is 0 Å². The van der Waals surface area contributed by atoms with Crippen molar-refractivity contribution in [2.75, 3.05) is 13.7 Å². The van der Waals surface area contributed by atoms with Crippen LogP contribution in [0.2, 0.25) is 0 Å². The van der Waals surface area contributed by atoms with Crippen LogP contribution < -0.4 is 25.1 Å². The number of hydrazine groups is 1. The van der Waals surface area contributed by atoms with Crippen molar-refractivity contribution in [3.05, 3.63) is 88.0 Å². The summed E-state index contributed by atoms with van der Waals surface area (Å²) in [6, 6.07) is 18.3. The van der Waals surface area contributed by atoms with Crippen LogP contribution >= 0.6 is 0 Å². The highest BCUT2D eigenvalue weighted by Gasteiger charge is 2.32. The molecule has 9 heteroatoms. The van der Waals surface area contributed by atoms with Crippen molar-refractivity contribution in [1.82, 2.24) is 10.9 Å². The average Bonchev–Trinajstić information content (AvgIpc) is 3.26. The Labute approximate surface area is 184 Å². The van der Waals surface area contributed by atoms with Crippen LogP contribution in [0.4, 0.5) is 5.69 Å². The molecular weight excluding hydrogens is 414 g/mol. The van der Waals surface area contributed by atoms with Gasteiger partial charge in [-0.2, -0.15) is 0 Å². The van der Waals surface area contributed by atoms with Crippen LogP contribution in [0.3, 0.4) is 0 Å². The fraction of sp³-hybridized carbons (Fsp3) is 0.217. The molecule has 0 saturated carbocycles. The maximum absolute atomic E-state index is 10.7. The molecule has 2 atom stereocenters. The Bertz CT molecular complexity index is 1090. The smallest absolute Gasteiger partial charge is 0.269 e. The summed E-state index contributed by atoms with van der Waals surface area (Å²) in [4.78, 5) is 10.3. The minimum absolute atomic E-state index is 0.0262. The molecule has 1 heterocycles. The van der Waals surface area contributed by atoms with Crippen LogP contribution in [0, 0.1) is 10.1 Å². The van der Waals surface area contributed by atoms with Gasteiger partial charge in [-0.3, -0.25) is 15.5 Å². The summed E-state index contributed by atoms with van der Waals surface area (Å²) in [5.41, 5.74) is 7.69. The monoisotopic (exact) mass is 437 g/mol. The summed E-state index contributed by atoms with van der Waals surface area (Å²) in [6.07, 6.45) is -0.274. The van der Waals surface area contributed by atoms with Gasteiger partial charge >= 0.3 is 0 Å². The number of nitrogens with one attached hydrogen (secondary N) is 2. The van der Waals surface area contributed by atoms with Gasteiger partial charge in [-0.15, -0.1) is 0 Å². The van der Waals surface area contributed by atoms with Gasteiger partial charge < -0.3 is 19.3 Å². The molecule has 1 fully saturated rings. The van der Waals surface area contributed by atoms with E-state index in [1.54, 1.807) is 37.4 Å². The third kappa shape index (κ3) is 4.74. The first-order valence-electron chi connectivity index (χ1n) is 10.0. The molecule has 1 aliphatic rings. The molecule has 3 aromatic carbocycles. The predicted molar refractivity (Wildman–Crippen MR) is 117 cm³/mol. The van der Waals surface area contributed by atoms with E-state index >= 15 is 0 Å². The second kappa shape index (κ2) is 9.54. The maximum atomic E-state index is 10.7. The van der Waals surface area contributed by atoms with E-state index in [9.17, 15) is 15.2 Å². The third-order valence-electron chi connectivity index (χ3n) is 5.17. The molecule has 0 amide bonds. The molecule has 0 aromatic heterocycles. The van der Waals surface area contributed by atoms with Crippen LogP contribution in [0.1, 0.15) is 17.2 Å². The number of nitro groups is 1. The van der Waals surface area contributed by atoms with Gasteiger partial charge in [-0.25, -0.2) is 5.43 Å². The molecule has 3 aromatic rings. The predicted octanol–water partition coefficient (Wildman–Crippen LogP) is 3.48. The van der Waals surface area contributed by atoms with Gasteiger partial charge in [0.05, 0.1) is 18.1 Å². The minimum atomic E-state index is -0.446. The summed E-state index contributed by atoms with van der Waals surface area (Å²) in [7, 11) is 1.59. The Hall–Kier alpha value is -3.82. The van der Waals surface area contributed by atoms with Crippen LogP contribution in [-0.4, -0.2) is 29.8 Å². The van der Waals surface area contributed by atoms with Crippen molar-refractivity contribution in [1.29, 1.82) is 0 Å². The summed E-state index contributed by atoms with van der Waals surface area (Å²) < 4.78 is 17.2. The number of nitrogens with zero attached hydrogens (tertiary/aromatic N) is 1. The number of phenolic OH excluding ortho intramolecular Hbond substituents is 1. The van der Waals surface area contributed by atoms with Gasteiger partial charge in [0.1, 0.15) is 24.2 Å². The Morgan fingerprint density at radius 1 is 1.09 bits per heavy atom. The van der Waals surface area contributed by atoms with Crippen molar-refractivity contribution in [2.45, 2.75) is 18.8 Å². The van der Waals surface area contributed by atoms with E-state index < -0.39 is 4.92 Å². The van der Waals surface area contributed by atoms with Crippen LogP contribution in [0.25, 0.3) is 0 Å². The Morgan fingerprint density at radius 3 is 2.53 bits per heavy atom. The number of rotatable bonds is 8. The van der Waals surface area contributed by atoms with E-state index in [4.69, 9.17) is 14.2 Å². The van der Waals surface area contributed by atoms with E-state index in [-0.39, 0.29) is 30.2 Å². The standard InChI is InChI=1S/C23H23N3O6/c1-30-20-4-2-3-5-21(20)32-22-13-24-25-23(22)18-11-10-17(12-19(18)27)31-14-15-6-8-16(9-7-15)26(28)29/h2-12,22-25,27H,13-14H2,1H3. The van der Waals surface area contributed by atoms with Gasteiger partial charge in [-0.05, 0) is 42.0 Å². The first-order chi connectivity index (χ1) is 15.5.